The highest BCUT2D eigenvalue weighted by Gasteiger charge is 2.29. The SMILES string of the molecule is O=C(Cc1ccccc1)CN1CCCN2CCCC2C1. The van der Waals surface area contributed by atoms with Crippen LogP contribution in [-0.4, -0.2) is 54.3 Å². The molecule has 0 saturated carbocycles. The summed E-state index contributed by atoms with van der Waals surface area (Å²) in [6.07, 6.45) is 4.42. The number of fused-ring (bicyclic) bond motifs is 1. The van der Waals surface area contributed by atoms with Gasteiger partial charge in [-0.2, -0.15) is 0 Å². The molecule has 1 aromatic rings. The summed E-state index contributed by atoms with van der Waals surface area (Å²) < 4.78 is 0. The van der Waals surface area contributed by atoms with E-state index in [2.05, 4.69) is 9.80 Å². The van der Waals surface area contributed by atoms with Gasteiger partial charge >= 0.3 is 0 Å². The maximum atomic E-state index is 12.2. The Morgan fingerprint density at radius 1 is 1.10 bits per heavy atom. The van der Waals surface area contributed by atoms with Gasteiger partial charge in [0.05, 0.1) is 6.54 Å². The zero-order valence-electron chi connectivity index (χ0n) is 12.1. The van der Waals surface area contributed by atoms with Crippen molar-refractivity contribution >= 4 is 5.78 Å². The number of carbonyl (C=O) groups excluding carboxylic acids is 1. The lowest BCUT2D eigenvalue weighted by atomic mass is 10.1. The van der Waals surface area contributed by atoms with E-state index in [-0.39, 0.29) is 0 Å². The number of hydrogen-bond acceptors (Lipinski definition) is 3. The number of carbonyl (C=O) groups is 1. The Balaban J connectivity index is 1.53. The number of nitrogens with zero attached hydrogens (tertiary/aromatic N) is 2. The second-order valence-corrected chi connectivity index (χ2v) is 6.12. The molecule has 1 unspecified atom stereocenters. The van der Waals surface area contributed by atoms with Gasteiger partial charge in [0.25, 0.3) is 0 Å². The first-order chi connectivity index (χ1) is 9.81. The zero-order chi connectivity index (χ0) is 13.8. The van der Waals surface area contributed by atoms with Crippen LogP contribution in [0.1, 0.15) is 24.8 Å². The van der Waals surface area contributed by atoms with E-state index in [0.717, 1.165) is 18.7 Å². The molecule has 0 amide bonds. The molecule has 0 aromatic heterocycles. The van der Waals surface area contributed by atoms with E-state index in [4.69, 9.17) is 0 Å². The molecule has 3 heteroatoms. The molecule has 20 heavy (non-hydrogen) atoms. The summed E-state index contributed by atoms with van der Waals surface area (Å²) in [4.78, 5) is 17.2. The second kappa shape index (κ2) is 6.51. The van der Waals surface area contributed by atoms with E-state index in [1.165, 1.54) is 32.4 Å². The summed E-state index contributed by atoms with van der Waals surface area (Å²) in [6, 6.07) is 10.8. The predicted octanol–water partition coefficient (Wildman–Crippen LogP) is 1.97. The van der Waals surface area contributed by atoms with E-state index in [1.807, 2.05) is 30.3 Å². The van der Waals surface area contributed by atoms with Crippen LogP contribution in [0.3, 0.4) is 0 Å². The summed E-state index contributed by atoms with van der Waals surface area (Å²) in [5, 5.41) is 0. The molecule has 2 saturated heterocycles. The van der Waals surface area contributed by atoms with Crippen LogP contribution in [0.15, 0.2) is 30.3 Å². The molecule has 0 spiro atoms. The molecule has 108 valence electrons. The monoisotopic (exact) mass is 272 g/mol. The Labute approximate surface area is 121 Å². The van der Waals surface area contributed by atoms with E-state index >= 15 is 0 Å². The zero-order valence-corrected chi connectivity index (χ0v) is 12.1. The fourth-order valence-electron chi connectivity index (χ4n) is 3.56. The van der Waals surface area contributed by atoms with Gasteiger partial charge in [0.2, 0.25) is 0 Å². The Morgan fingerprint density at radius 2 is 1.90 bits per heavy atom. The molecule has 0 radical (unpaired) electrons. The van der Waals surface area contributed by atoms with Crippen LogP contribution in [0.25, 0.3) is 0 Å². The van der Waals surface area contributed by atoms with E-state index < -0.39 is 0 Å². The van der Waals surface area contributed by atoms with Gasteiger partial charge < -0.3 is 0 Å². The number of rotatable bonds is 4. The van der Waals surface area contributed by atoms with Crippen molar-refractivity contribution in [2.24, 2.45) is 0 Å². The fraction of sp³-hybridized carbons (Fsp3) is 0.588. The topological polar surface area (TPSA) is 23.6 Å². The van der Waals surface area contributed by atoms with Crippen molar-refractivity contribution in [3.63, 3.8) is 0 Å². The van der Waals surface area contributed by atoms with Crippen LogP contribution in [0.4, 0.5) is 0 Å². The number of Topliss-reactive ketones (excluding diaryl/α,β-unsaturated/α-hetero) is 1. The Morgan fingerprint density at radius 3 is 2.75 bits per heavy atom. The van der Waals surface area contributed by atoms with Gasteiger partial charge in [-0.15, -0.1) is 0 Å². The van der Waals surface area contributed by atoms with E-state index in [1.54, 1.807) is 0 Å². The van der Waals surface area contributed by atoms with Crippen LogP contribution in [-0.2, 0) is 11.2 Å². The molecule has 1 aromatic carbocycles. The highest BCUT2D eigenvalue weighted by molar-refractivity contribution is 5.82. The van der Waals surface area contributed by atoms with Crippen LogP contribution in [0.5, 0.6) is 0 Å². The maximum Gasteiger partial charge on any atom is 0.151 e. The van der Waals surface area contributed by atoms with Crippen molar-refractivity contribution in [3.05, 3.63) is 35.9 Å². The van der Waals surface area contributed by atoms with Crippen molar-refractivity contribution in [1.29, 1.82) is 0 Å². The highest BCUT2D eigenvalue weighted by atomic mass is 16.1. The molecular weight excluding hydrogens is 248 g/mol. The summed E-state index contributed by atoms with van der Waals surface area (Å²) >= 11 is 0. The van der Waals surface area contributed by atoms with Crippen molar-refractivity contribution in [2.75, 3.05) is 32.7 Å². The summed E-state index contributed by atoms with van der Waals surface area (Å²) in [7, 11) is 0. The largest absolute Gasteiger partial charge is 0.299 e. The highest BCUT2D eigenvalue weighted by Crippen LogP contribution is 2.21. The smallest absolute Gasteiger partial charge is 0.151 e. The Hall–Kier alpha value is -1.19. The standard InChI is InChI=1S/C17H24N2O/c20-17(12-15-6-2-1-3-7-15)14-18-9-5-11-19-10-4-8-16(19)13-18/h1-3,6-7,16H,4-5,8-14H2. The Kier molecular flexibility index (Phi) is 4.48. The molecule has 0 bridgehead atoms. The Bertz CT molecular complexity index is 446. The molecule has 3 rings (SSSR count). The lowest BCUT2D eigenvalue weighted by Crippen LogP contribution is -2.39. The quantitative estimate of drug-likeness (QED) is 0.837. The first-order valence-corrected chi connectivity index (χ1v) is 7.83. The van der Waals surface area contributed by atoms with Gasteiger partial charge in [-0.1, -0.05) is 30.3 Å². The summed E-state index contributed by atoms with van der Waals surface area (Å²) in [5.74, 6) is 0.350. The number of benzene rings is 1. The molecule has 0 N–H and O–H groups in total. The first kappa shape index (κ1) is 13.8. The van der Waals surface area contributed by atoms with Gasteiger partial charge in [0.15, 0.2) is 5.78 Å². The van der Waals surface area contributed by atoms with Crippen molar-refractivity contribution in [2.45, 2.75) is 31.7 Å². The van der Waals surface area contributed by atoms with Gasteiger partial charge in [0, 0.05) is 19.0 Å². The molecule has 2 aliphatic heterocycles. The minimum atomic E-state index is 0.350. The van der Waals surface area contributed by atoms with Crippen LogP contribution in [0.2, 0.25) is 0 Å². The van der Waals surface area contributed by atoms with Crippen LogP contribution >= 0.6 is 0 Å². The third kappa shape index (κ3) is 3.47. The third-order valence-corrected chi connectivity index (χ3v) is 4.53. The maximum absolute atomic E-state index is 12.2. The molecular formula is C17H24N2O. The lowest BCUT2D eigenvalue weighted by molar-refractivity contribution is -0.119. The molecule has 3 nitrogen and oxygen atoms in total. The minimum Gasteiger partial charge on any atom is -0.299 e. The number of hydrogen-bond donors (Lipinski definition) is 0. The molecule has 2 heterocycles. The van der Waals surface area contributed by atoms with E-state index in [0.29, 0.717) is 24.8 Å². The van der Waals surface area contributed by atoms with Crippen molar-refractivity contribution in [3.8, 4) is 0 Å². The fourth-order valence-corrected chi connectivity index (χ4v) is 3.56. The second-order valence-electron chi connectivity index (χ2n) is 6.12. The molecule has 2 aliphatic rings. The van der Waals surface area contributed by atoms with Gasteiger partial charge in [-0.05, 0) is 44.5 Å². The third-order valence-electron chi connectivity index (χ3n) is 4.53. The predicted molar refractivity (Wildman–Crippen MR) is 80.8 cm³/mol. The van der Waals surface area contributed by atoms with Crippen molar-refractivity contribution in [1.82, 2.24) is 9.80 Å². The average molecular weight is 272 g/mol. The van der Waals surface area contributed by atoms with Crippen LogP contribution < -0.4 is 0 Å². The number of ketones is 1. The molecule has 0 aliphatic carbocycles. The normalized spacial score (nSPS) is 24.3. The van der Waals surface area contributed by atoms with Crippen molar-refractivity contribution < 1.29 is 4.79 Å². The van der Waals surface area contributed by atoms with Crippen LogP contribution in [0, 0.1) is 0 Å². The summed E-state index contributed by atoms with van der Waals surface area (Å²) in [6.45, 7) is 5.26. The first-order valence-electron chi connectivity index (χ1n) is 7.83. The minimum absolute atomic E-state index is 0.350. The molecule has 2 fully saturated rings. The van der Waals surface area contributed by atoms with Gasteiger partial charge in [-0.25, -0.2) is 0 Å². The summed E-state index contributed by atoms with van der Waals surface area (Å²) in [5.41, 5.74) is 1.13. The van der Waals surface area contributed by atoms with Gasteiger partial charge in [0.1, 0.15) is 0 Å². The van der Waals surface area contributed by atoms with Gasteiger partial charge in [-0.3, -0.25) is 14.6 Å². The molecule has 1 atom stereocenters. The lowest BCUT2D eigenvalue weighted by Gasteiger charge is -2.25. The average Bonchev–Trinajstić information content (AvgIpc) is 2.79. The van der Waals surface area contributed by atoms with E-state index in [9.17, 15) is 4.79 Å².